The molecule has 1 nitrogen and oxygen atoms in total. The zero-order valence-corrected chi connectivity index (χ0v) is 9.96. The third-order valence-corrected chi connectivity index (χ3v) is 2.76. The maximum absolute atomic E-state index is 12.0. The highest BCUT2D eigenvalue weighted by Gasteiger charge is 2.33. The highest BCUT2D eigenvalue weighted by atomic mass is 127. The minimum atomic E-state index is -4.55. The van der Waals surface area contributed by atoms with Crippen LogP contribution in [0.5, 0.6) is 0 Å². The van der Waals surface area contributed by atoms with Crippen molar-refractivity contribution in [1.82, 2.24) is 0 Å². The molecule has 0 aromatic heterocycles. The molecule has 0 fully saturated rings. The van der Waals surface area contributed by atoms with E-state index < -0.39 is 12.5 Å². The molecule has 0 spiro atoms. The molecule has 1 rings (SSSR count). The normalized spacial score (nSPS) is 13.9. The lowest BCUT2D eigenvalue weighted by Crippen LogP contribution is -2.26. The van der Waals surface area contributed by atoms with E-state index in [1.807, 2.05) is 28.7 Å². The molecule has 0 aliphatic rings. The summed E-state index contributed by atoms with van der Waals surface area (Å²) in [6, 6.07) is 9.01. The Morgan fingerprint density at radius 1 is 1.20 bits per heavy atom. The first-order valence-electron chi connectivity index (χ1n) is 4.35. The lowest BCUT2D eigenvalue weighted by Gasteiger charge is -2.17. The summed E-state index contributed by atoms with van der Waals surface area (Å²) in [5, 5.41) is 0. The molecule has 0 amide bonds. The van der Waals surface area contributed by atoms with Crippen molar-refractivity contribution >= 4 is 22.6 Å². The number of hydrogen-bond donors (Lipinski definition) is 0. The van der Waals surface area contributed by atoms with E-state index in [2.05, 4.69) is 4.74 Å². The van der Waals surface area contributed by atoms with Crippen LogP contribution in [-0.2, 0) is 11.2 Å². The van der Waals surface area contributed by atoms with Crippen LogP contribution in [0, 0.1) is 0 Å². The molecule has 1 atom stereocenters. The summed E-state index contributed by atoms with van der Waals surface area (Å²) in [7, 11) is 0. The summed E-state index contributed by atoms with van der Waals surface area (Å²) < 4.78 is 40.2. The molecule has 0 heterocycles. The van der Waals surface area contributed by atoms with Crippen molar-refractivity contribution in [2.45, 2.75) is 18.9 Å². The van der Waals surface area contributed by atoms with Crippen LogP contribution in [0.1, 0.15) is 5.56 Å². The van der Waals surface area contributed by atoms with Crippen LogP contribution in [0.15, 0.2) is 30.3 Å². The van der Waals surface area contributed by atoms with Crippen LogP contribution in [-0.4, -0.2) is 16.9 Å². The fourth-order valence-electron chi connectivity index (χ4n) is 1.19. The van der Waals surface area contributed by atoms with Gasteiger partial charge in [-0.05, 0) is 12.0 Å². The lowest BCUT2D eigenvalue weighted by atomic mass is 10.1. The van der Waals surface area contributed by atoms with Crippen LogP contribution < -0.4 is 0 Å². The largest absolute Gasteiger partial charge is 0.522 e. The Morgan fingerprint density at radius 2 is 1.80 bits per heavy atom. The fraction of sp³-hybridized carbons (Fsp3) is 0.400. The van der Waals surface area contributed by atoms with Gasteiger partial charge in [-0.3, -0.25) is 4.74 Å². The van der Waals surface area contributed by atoms with E-state index in [0.717, 1.165) is 5.56 Å². The van der Waals surface area contributed by atoms with E-state index in [9.17, 15) is 13.2 Å². The van der Waals surface area contributed by atoms with Crippen LogP contribution in [0.4, 0.5) is 13.2 Å². The van der Waals surface area contributed by atoms with Gasteiger partial charge in [-0.1, -0.05) is 52.9 Å². The molecule has 0 N–H and O–H groups in total. The molecule has 0 aliphatic carbocycles. The first-order chi connectivity index (χ1) is 7.01. The van der Waals surface area contributed by atoms with Crippen molar-refractivity contribution in [3.05, 3.63) is 35.9 Å². The molecule has 0 radical (unpaired) electrons. The van der Waals surface area contributed by atoms with E-state index in [1.54, 1.807) is 24.3 Å². The molecule has 0 bridgehead atoms. The average molecular weight is 330 g/mol. The Labute approximate surface area is 99.8 Å². The molecule has 1 aromatic rings. The molecular weight excluding hydrogens is 320 g/mol. The summed E-state index contributed by atoms with van der Waals surface area (Å²) in [6.07, 6.45) is -5.08. The second-order valence-corrected chi connectivity index (χ2v) is 3.91. The van der Waals surface area contributed by atoms with Gasteiger partial charge in [-0.2, -0.15) is 0 Å². The summed E-state index contributed by atoms with van der Waals surface area (Å²) in [4.78, 5) is 0. The van der Waals surface area contributed by atoms with Crippen molar-refractivity contribution in [2.75, 3.05) is 4.43 Å². The first kappa shape index (κ1) is 12.8. The summed E-state index contributed by atoms with van der Waals surface area (Å²) in [5.41, 5.74) is 0.850. The highest BCUT2D eigenvalue weighted by Crippen LogP contribution is 2.21. The van der Waals surface area contributed by atoms with Gasteiger partial charge < -0.3 is 0 Å². The van der Waals surface area contributed by atoms with Crippen LogP contribution in [0.25, 0.3) is 0 Å². The number of ether oxygens (including phenoxy) is 1. The molecule has 1 aromatic carbocycles. The SMILES string of the molecule is FC(F)(F)OC(CI)Cc1ccccc1. The van der Waals surface area contributed by atoms with Gasteiger partial charge in [-0.15, -0.1) is 13.2 Å². The molecule has 1 unspecified atom stereocenters. The van der Waals surface area contributed by atoms with Gasteiger partial charge in [-0.25, -0.2) is 0 Å². The topological polar surface area (TPSA) is 9.23 Å². The van der Waals surface area contributed by atoms with Gasteiger partial charge in [0.2, 0.25) is 0 Å². The zero-order chi connectivity index (χ0) is 11.3. The maximum atomic E-state index is 12.0. The quantitative estimate of drug-likeness (QED) is 0.606. The smallest absolute Gasteiger partial charge is 0.287 e. The van der Waals surface area contributed by atoms with E-state index in [-0.39, 0.29) is 6.42 Å². The second-order valence-electron chi connectivity index (χ2n) is 3.03. The van der Waals surface area contributed by atoms with E-state index >= 15 is 0 Å². The van der Waals surface area contributed by atoms with Crippen molar-refractivity contribution < 1.29 is 17.9 Å². The molecule has 84 valence electrons. The summed E-state index contributed by atoms with van der Waals surface area (Å²) in [5.74, 6) is 0. The molecule has 15 heavy (non-hydrogen) atoms. The van der Waals surface area contributed by atoms with Gasteiger partial charge in [0, 0.05) is 4.43 Å². The molecule has 0 saturated carbocycles. The van der Waals surface area contributed by atoms with Gasteiger partial charge in [0.1, 0.15) is 0 Å². The Hall–Kier alpha value is -0.300. The molecule has 0 saturated heterocycles. The Kier molecular flexibility index (Phi) is 4.85. The number of hydrogen-bond acceptors (Lipinski definition) is 1. The Balaban J connectivity index is 2.55. The standard InChI is InChI=1S/C10H10F3IO/c11-10(12,13)15-9(7-14)6-8-4-2-1-3-5-8/h1-5,9H,6-7H2. The fourth-order valence-corrected chi connectivity index (χ4v) is 1.68. The van der Waals surface area contributed by atoms with Crippen molar-refractivity contribution in [3.8, 4) is 0 Å². The number of benzene rings is 1. The summed E-state index contributed by atoms with van der Waals surface area (Å²) in [6.45, 7) is 0. The van der Waals surface area contributed by atoms with Gasteiger partial charge in [0.25, 0.3) is 0 Å². The number of rotatable bonds is 4. The molecular formula is C10H10F3IO. The van der Waals surface area contributed by atoms with Crippen LogP contribution in [0.3, 0.4) is 0 Å². The highest BCUT2D eigenvalue weighted by molar-refractivity contribution is 14.1. The number of halogens is 4. The molecule has 0 aliphatic heterocycles. The minimum Gasteiger partial charge on any atom is -0.287 e. The first-order valence-corrected chi connectivity index (χ1v) is 5.88. The summed E-state index contributed by atoms with van der Waals surface area (Å²) >= 11 is 1.89. The predicted molar refractivity (Wildman–Crippen MR) is 60.0 cm³/mol. The molecule has 5 heteroatoms. The van der Waals surface area contributed by atoms with E-state index in [4.69, 9.17) is 0 Å². The third kappa shape index (κ3) is 5.36. The zero-order valence-electron chi connectivity index (χ0n) is 7.80. The van der Waals surface area contributed by atoms with Gasteiger partial charge in [0.15, 0.2) is 0 Å². The Morgan fingerprint density at radius 3 is 2.27 bits per heavy atom. The minimum absolute atomic E-state index is 0.281. The van der Waals surface area contributed by atoms with Crippen LogP contribution >= 0.6 is 22.6 Å². The second kappa shape index (κ2) is 5.69. The third-order valence-electron chi connectivity index (χ3n) is 1.78. The predicted octanol–water partition coefficient (Wildman–Crippen LogP) is 3.57. The monoisotopic (exact) mass is 330 g/mol. The number of alkyl halides is 4. The van der Waals surface area contributed by atoms with Gasteiger partial charge >= 0.3 is 6.36 Å². The van der Waals surface area contributed by atoms with Crippen molar-refractivity contribution in [1.29, 1.82) is 0 Å². The lowest BCUT2D eigenvalue weighted by molar-refractivity contribution is -0.339. The Bertz CT molecular complexity index is 286. The van der Waals surface area contributed by atoms with E-state index in [0.29, 0.717) is 4.43 Å². The average Bonchev–Trinajstić information content (AvgIpc) is 2.16. The van der Waals surface area contributed by atoms with Crippen LogP contribution in [0.2, 0.25) is 0 Å². The van der Waals surface area contributed by atoms with E-state index in [1.165, 1.54) is 0 Å². The van der Waals surface area contributed by atoms with Crippen molar-refractivity contribution in [3.63, 3.8) is 0 Å². The van der Waals surface area contributed by atoms with Crippen molar-refractivity contribution in [2.24, 2.45) is 0 Å². The maximum Gasteiger partial charge on any atom is 0.522 e. The van der Waals surface area contributed by atoms with Gasteiger partial charge in [0.05, 0.1) is 6.10 Å².